The molecular weight excluding hydrogens is 372 g/mol. The largest absolute Gasteiger partial charge is 0.349 e. The van der Waals surface area contributed by atoms with Crippen molar-refractivity contribution in [3.63, 3.8) is 0 Å². The van der Waals surface area contributed by atoms with Gasteiger partial charge in [-0.05, 0) is 38.8 Å². The van der Waals surface area contributed by atoms with Crippen LogP contribution in [0, 0.1) is 11.3 Å². The van der Waals surface area contributed by atoms with Gasteiger partial charge in [-0.3, -0.25) is 14.5 Å². The van der Waals surface area contributed by atoms with Gasteiger partial charge in [0.1, 0.15) is 11.6 Å². The van der Waals surface area contributed by atoms with Crippen molar-refractivity contribution < 1.29 is 9.59 Å². The van der Waals surface area contributed by atoms with Crippen molar-refractivity contribution in [2.45, 2.75) is 53.4 Å². The second-order valence-corrected chi connectivity index (χ2v) is 7.75. The second-order valence-electron chi connectivity index (χ2n) is 6.71. The van der Waals surface area contributed by atoms with Gasteiger partial charge in [0.2, 0.25) is 0 Å². The molecule has 7 heteroatoms. The average Bonchev–Trinajstić information content (AvgIpc) is 3.14. The molecule has 0 unspecified atom stereocenters. The molecule has 0 aromatic carbocycles. The summed E-state index contributed by atoms with van der Waals surface area (Å²) in [5.41, 5.74) is 0.899. The summed E-state index contributed by atoms with van der Waals surface area (Å²) in [6.07, 6.45) is 7.34. The van der Waals surface area contributed by atoms with Crippen LogP contribution in [0.2, 0.25) is 0 Å². The van der Waals surface area contributed by atoms with Crippen molar-refractivity contribution in [2.24, 2.45) is 0 Å². The predicted octanol–water partition coefficient (Wildman–Crippen LogP) is 4.16. The smallest absolute Gasteiger partial charge is 0.271 e. The number of anilines is 1. The monoisotopic (exact) mass is 400 g/mol. The van der Waals surface area contributed by atoms with E-state index in [1.54, 1.807) is 19.2 Å². The molecule has 2 rings (SSSR count). The fourth-order valence-corrected chi connectivity index (χ4v) is 4.14. The van der Waals surface area contributed by atoms with E-state index in [1.165, 1.54) is 16.2 Å². The van der Waals surface area contributed by atoms with Gasteiger partial charge in [0.25, 0.3) is 11.8 Å². The lowest BCUT2D eigenvalue weighted by Gasteiger charge is -2.27. The summed E-state index contributed by atoms with van der Waals surface area (Å²) in [7, 11) is 0. The number of carbonyl (C=O) groups excluding carboxylic acids is 2. The van der Waals surface area contributed by atoms with Crippen LogP contribution < -0.4 is 4.90 Å². The Hall–Kier alpha value is -2.46. The molecule has 1 aromatic heterocycles. The molecule has 0 radical (unpaired) electrons. The highest BCUT2D eigenvalue weighted by Crippen LogP contribution is 2.30. The van der Waals surface area contributed by atoms with Crippen LogP contribution in [0.5, 0.6) is 0 Å². The number of hydrogen-bond acceptors (Lipinski definition) is 6. The molecule has 0 N–H and O–H groups in total. The van der Waals surface area contributed by atoms with Crippen LogP contribution in [-0.4, -0.2) is 41.3 Å². The first-order valence-electron chi connectivity index (χ1n) is 9.88. The Morgan fingerprint density at radius 2 is 1.89 bits per heavy atom. The number of amides is 2. The fraction of sp³-hybridized carbons (Fsp3) is 0.524. The maximum atomic E-state index is 13.0. The SMILES string of the molecule is CCCCCCN1C(=O)C(C#N)=C(C)/C(=C\c2cnc(N(CC)CC)s2)C1=O. The van der Waals surface area contributed by atoms with Crippen LogP contribution in [0.15, 0.2) is 22.9 Å². The summed E-state index contributed by atoms with van der Waals surface area (Å²) in [5.74, 6) is -0.803. The molecule has 28 heavy (non-hydrogen) atoms. The van der Waals surface area contributed by atoms with E-state index in [0.29, 0.717) is 17.7 Å². The molecule has 2 amide bonds. The third-order valence-electron chi connectivity index (χ3n) is 4.89. The van der Waals surface area contributed by atoms with E-state index < -0.39 is 5.91 Å². The number of thiazole rings is 1. The molecule has 1 aliphatic rings. The lowest BCUT2D eigenvalue weighted by molar-refractivity contribution is -0.140. The highest BCUT2D eigenvalue weighted by atomic mass is 32.1. The van der Waals surface area contributed by atoms with Gasteiger partial charge in [0.05, 0.1) is 0 Å². The number of carbonyl (C=O) groups is 2. The molecule has 0 fully saturated rings. The normalized spacial score (nSPS) is 16.1. The number of nitriles is 1. The Kier molecular flexibility index (Phi) is 7.94. The van der Waals surface area contributed by atoms with E-state index in [-0.39, 0.29) is 11.5 Å². The van der Waals surface area contributed by atoms with Crippen molar-refractivity contribution in [2.75, 3.05) is 24.5 Å². The van der Waals surface area contributed by atoms with Crippen LogP contribution >= 0.6 is 11.3 Å². The minimum absolute atomic E-state index is 0.0508. The highest BCUT2D eigenvalue weighted by Gasteiger charge is 2.35. The van der Waals surface area contributed by atoms with Gasteiger partial charge >= 0.3 is 0 Å². The molecular formula is C21H28N4O2S. The molecule has 0 spiro atoms. The summed E-state index contributed by atoms with van der Waals surface area (Å²) in [6, 6.07) is 1.99. The summed E-state index contributed by atoms with van der Waals surface area (Å²) >= 11 is 1.50. The molecule has 1 aliphatic heterocycles. The molecule has 2 heterocycles. The zero-order valence-electron chi connectivity index (χ0n) is 17.1. The first-order chi connectivity index (χ1) is 13.5. The zero-order chi connectivity index (χ0) is 20.7. The molecule has 0 aliphatic carbocycles. The van der Waals surface area contributed by atoms with E-state index in [9.17, 15) is 14.9 Å². The molecule has 0 saturated carbocycles. The topological polar surface area (TPSA) is 77.3 Å². The third kappa shape index (κ3) is 4.68. The van der Waals surface area contributed by atoms with Crippen molar-refractivity contribution in [3.05, 3.63) is 27.8 Å². The van der Waals surface area contributed by atoms with Crippen molar-refractivity contribution in [3.8, 4) is 6.07 Å². The fourth-order valence-electron chi connectivity index (χ4n) is 3.16. The Labute approximate surface area is 171 Å². The highest BCUT2D eigenvalue weighted by molar-refractivity contribution is 7.16. The van der Waals surface area contributed by atoms with Crippen LogP contribution in [0.4, 0.5) is 5.13 Å². The average molecular weight is 401 g/mol. The molecule has 6 nitrogen and oxygen atoms in total. The first-order valence-corrected chi connectivity index (χ1v) is 10.7. The van der Waals surface area contributed by atoms with Crippen molar-refractivity contribution in [1.82, 2.24) is 9.88 Å². The summed E-state index contributed by atoms with van der Waals surface area (Å²) in [4.78, 5) is 34.2. The number of aromatic nitrogens is 1. The van der Waals surface area contributed by atoms with Gasteiger partial charge in [0, 0.05) is 36.3 Å². The first kappa shape index (κ1) is 21.8. The third-order valence-corrected chi connectivity index (χ3v) is 5.90. The summed E-state index contributed by atoms with van der Waals surface area (Å²) in [5, 5.41) is 10.4. The predicted molar refractivity (Wildman–Crippen MR) is 113 cm³/mol. The number of imide groups is 1. The minimum atomic E-state index is -0.480. The lowest BCUT2D eigenvalue weighted by Crippen LogP contribution is -2.43. The Morgan fingerprint density at radius 3 is 2.50 bits per heavy atom. The standard InChI is InChI=1S/C21H28N4O2S/c1-5-8-9-10-11-25-19(26)17(15(4)18(13-22)20(25)27)12-16-14-23-21(28-16)24(6-2)7-3/h12,14H,5-11H2,1-4H3/b17-12+. The van der Waals surface area contributed by atoms with E-state index >= 15 is 0 Å². The molecule has 0 atom stereocenters. The van der Waals surface area contributed by atoms with Crippen LogP contribution in [0.1, 0.15) is 58.3 Å². The maximum Gasteiger partial charge on any atom is 0.271 e. The Bertz CT molecular complexity index is 828. The second kappa shape index (κ2) is 10.2. The van der Waals surface area contributed by atoms with E-state index in [0.717, 1.165) is 48.8 Å². The van der Waals surface area contributed by atoms with E-state index in [2.05, 4.69) is 30.7 Å². The molecule has 1 aromatic rings. The number of nitrogens with zero attached hydrogens (tertiary/aromatic N) is 4. The van der Waals surface area contributed by atoms with Crippen LogP contribution in [0.25, 0.3) is 6.08 Å². The minimum Gasteiger partial charge on any atom is -0.349 e. The van der Waals surface area contributed by atoms with Gasteiger partial charge in [-0.25, -0.2) is 4.98 Å². The number of unbranched alkanes of at least 4 members (excludes halogenated alkanes) is 3. The maximum absolute atomic E-state index is 13.0. The molecule has 0 bridgehead atoms. The van der Waals surface area contributed by atoms with E-state index in [4.69, 9.17) is 0 Å². The van der Waals surface area contributed by atoms with Gasteiger partial charge in [-0.2, -0.15) is 5.26 Å². The molecule has 0 saturated heterocycles. The zero-order valence-corrected chi connectivity index (χ0v) is 17.9. The Morgan fingerprint density at radius 1 is 1.18 bits per heavy atom. The lowest BCUT2D eigenvalue weighted by atomic mass is 9.94. The van der Waals surface area contributed by atoms with Gasteiger partial charge in [-0.15, -0.1) is 0 Å². The van der Waals surface area contributed by atoms with Gasteiger partial charge in [-0.1, -0.05) is 37.5 Å². The van der Waals surface area contributed by atoms with Crippen LogP contribution in [-0.2, 0) is 9.59 Å². The number of hydrogen-bond donors (Lipinski definition) is 0. The van der Waals surface area contributed by atoms with Gasteiger partial charge < -0.3 is 4.90 Å². The molecule has 150 valence electrons. The van der Waals surface area contributed by atoms with Crippen LogP contribution in [0.3, 0.4) is 0 Å². The van der Waals surface area contributed by atoms with Crippen molar-refractivity contribution in [1.29, 1.82) is 5.26 Å². The summed E-state index contributed by atoms with van der Waals surface area (Å²) < 4.78 is 0. The van der Waals surface area contributed by atoms with E-state index in [1.807, 2.05) is 6.07 Å². The number of rotatable bonds is 9. The Balaban J connectivity index is 2.34. The quantitative estimate of drug-likeness (QED) is 0.353. The van der Waals surface area contributed by atoms with Crippen molar-refractivity contribution >= 4 is 34.4 Å². The summed E-state index contributed by atoms with van der Waals surface area (Å²) in [6.45, 7) is 9.98. The van der Waals surface area contributed by atoms with Gasteiger partial charge in [0.15, 0.2) is 5.13 Å².